The van der Waals surface area contributed by atoms with Crippen LogP contribution in [0, 0.1) is 0 Å². The van der Waals surface area contributed by atoms with Gasteiger partial charge in [-0.2, -0.15) is 0 Å². The Morgan fingerprint density at radius 2 is 1.93 bits per heavy atom. The Bertz CT molecular complexity index is 1230. The van der Waals surface area contributed by atoms with Gasteiger partial charge in [-0.15, -0.1) is 0 Å². The van der Waals surface area contributed by atoms with Gasteiger partial charge < -0.3 is 9.52 Å². The molecule has 0 unspecified atom stereocenters. The van der Waals surface area contributed by atoms with Crippen molar-refractivity contribution in [2.75, 3.05) is 5.43 Å². The maximum atomic E-state index is 12.3. The molecular formula is C19H12ClN3O4S. The lowest BCUT2D eigenvalue weighted by molar-refractivity contribution is 0.0962. The lowest BCUT2D eigenvalue weighted by Gasteiger charge is -2.05. The van der Waals surface area contributed by atoms with E-state index in [0.717, 1.165) is 0 Å². The van der Waals surface area contributed by atoms with Gasteiger partial charge in [-0.1, -0.05) is 22.9 Å². The molecule has 4 rings (SSSR count). The second kappa shape index (κ2) is 7.34. The second-order valence-electron chi connectivity index (χ2n) is 5.79. The molecule has 1 amide bonds. The zero-order chi connectivity index (χ0) is 19.7. The fourth-order valence-electron chi connectivity index (χ4n) is 2.51. The van der Waals surface area contributed by atoms with Gasteiger partial charge in [0, 0.05) is 28.2 Å². The van der Waals surface area contributed by atoms with Crippen molar-refractivity contribution in [1.82, 2.24) is 10.4 Å². The third-order valence-corrected chi connectivity index (χ3v) is 5.08. The van der Waals surface area contributed by atoms with Gasteiger partial charge in [0.2, 0.25) is 5.13 Å². The van der Waals surface area contributed by atoms with Gasteiger partial charge in [0.1, 0.15) is 11.3 Å². The minimum absolute atomic E-state index is 0.0177. The van der Waals surface area contributed by atoms with E-state index in [4.69, 9.17) is 16.0 Å². The molecule has 4 aromatic rings. The Kier molecular flexibility index (Phi) is 4.72. The number of hydrogen-bond donors (Lipinski definition) is 3. The van der Waals surface area contributed by atoms with Crippen LogP contribution < -0.4 is 16.5 Å². The average Bonchev–Trinajstić information content (AvgIpc) is 3.15. The molecule has 0 saturated heterocycles. The van der Waals surface area contributed by atoms with Crippen LogP contribution in [0.2, 0.25) is 5.02 Å². The molecule has 0 spiro atoms. The van der Waals surface area contributed by atoms with Crippen LogP contribution in [-0.2, 0) is 0 Å². The number of thiazole rings is 1. The molecule has 7 nitrogen and oxygen atoms in total. The highest BCUT2D eigenvalue weighted by molar-refractivity contribution is 7.18. The number of carbonyl (C=O) groups excluding carboxylic acids is 1. The molecule has 9 heteroatoms. The van der Waals surface area contributed by atoms with Crippen LogP contribution in [0.1, 0.15) is 10.4 Å². The Hall–Kier alpha value is -3.36. The molecule has 0 aliphatic carbocycles. The van der Waals surface area contributed by atoms with Crippen LogP contribution in [0.15, 0.2) is 63.9 Å². The smallest absolute Gasteiger partial charge is 0.345 e. The van der Waals surface area contributed by atoms with E-state index < -0.39 is 5.63 Å². The molecular weight excluding hydrogens is 402 g/mol. The fraction of sp³-hybridized carbons (Fsp3) is 0. The van der Waals surface area contributed by atoms with Crippen LogP contribution in [-0.4, -0.2) is 16.0 Å². The van der Waals surface area contributed by atoms with Crippen molar-refractivity contribution in [2.24, 2.45) is 0 Å². The van der Waals surface area contributed by atoms with E-state index in [-0.39, 0.29) is 11.7 Å². The zero-order valence-corrected chi connectivity index (χ0v) is 15.7. The van der Waals surface area contributed by atoms with E-state index >= 15 is 0 Å². The highest BCUT2D eigenvalue weighted by Crippen LogP contribution is 2.29. The third kappa shape index (κ3) is 3.68. The van der Waals surface area contributed by atoms with Crippen molar-refractivity contribution in [3.63, 3.8) is 0 Å². The van der Waals surface area contributed by atoms with Crippen molar-refractivity contribution in [2.45, 2.75) is 0 Å². The molecule has 0 bridgehead atoms. The monoisotopic (exact) mass is 413 g/mol. The quantitative estimate of drug-likeness (QED) is 0.344. The minimum Gasteiger partial charge on any atom is -0.508 e. The molecule has 2 aromatic carbocycles. The molecule has 0 aliphatic heterocycles. The Morgan fingerprint density at radius 1 is 1.14 bits per heavy atom. The Labute approximate surface area is 167 Å². The summed E-state index contributed by atoms with van der Waals surface area (Å²) in [6, 6.07) is 12.7. The third-order valence-electron chi connectivity index (χ3n) is 3.88. The second-order valence-corrected chi connectivity index (χ2v) is 7.25. The highest BCUT2D eigenvalue weighted by Gasteiger charge is 2.13. The SMILES string of the molecule is O=C(NNc1ncc(-c2cc3ccc(O)cc3oc2=O)s1)c1ccc(Cl)cc1. The number of carbonyl (C=O) groups is 1. The van der Waals surface area contributed by atoms with Crippen molar-refractivity contribution >= 4 is 44.9 Å². The van der Waals surface area contributed by atoms with Gasteiger partial charge >= 0.3 is 5.63 Å². The summed E-state index contributed by atoms with van der Waals surface area (Å²) >= 11 is 6.99. The van der Waals surface area contributed by atoms with Crippen LogP contribution in [0.5, 0.6) is 5.75 Å². The summed E-state index contributed by atoms with van der Waals surface area (Å²) in [6.07, 6.45) is 1.51. The fourth-order valence-corrected chi connectivity index (χ4v) is 3.41. The lowest BCUT2D eigenvalue weighted by Crippen LogP contribution is -2.29. The van der Waals surface area contributed by atoms with E-state index in [1.807, 2.05) is 0 Å². The lowest BCUT2D eigenvalue weighted by atomic mass is 10.1. The van der Waals surface area contributed by atoms with Crippen molar-refractivity contribution in [3.05, 3.63) is 75.7 Å². The van der Waals surface area contributed by atoms with Gasteiger partial charge in [0.15, 0.2) is 0 Å². The van der Waals surface area contributed by atoms with Crippen LogP contribution in [0.4, 0.5) is 5.13 Å². The number of phenolic OH excluding ortho intramolecular Hbond substituents is 1. The topological polar surface area (TPSA) is 104 Å². The summed E-state index contributed by atoms with van der Waals surface area (Å²) < 4.78 is 5.27. The number of nitrogens with zero attached hydrogens (tertiary/aromatic N) is 1. The van der Waals surface area contributed by atoms with E-state index in [2.05, 4.69) is 15.8 Å². The Balaban J connectivity index is 1.53. The molecule has 2 aromatic heterocycles. The zero-order valence-electron chi connectivity index (χ0n) is 14.1. The van der Waals surface area contributed by atoms with Gasteiger partial charge in [-0.3, -0.25) is 15.6 Å². The molecule has 3 N–H and O–H groups in total. The average molecular weight is 414 g/mol. The van der Waals surface area contributed by atoms with Gasteiger partial charge in [-0.25, -0.2) is 9.78 Å². The first-order valence-corrected chi connectivity index (χ1v) is 9.24. The standard InChI is InChI=1S/C19H12ClN3O4S/c20-12-4-1-10(2-5-12)17(25)22-23-19-21-9-16(28-19)14-7-11-3-6-13(24)8-15(11)27-18(14)26/h1-9,24H,(H,21,23)(H,22,25). The first-order valence-electron chi connectivity index (χ1n) is 8.04. The summed E-state index contributed by atoms with van der Waals surface area (Å²) in [7, 11) is 0. The van der Waals surface area contributed by atoms with Crippen molar-refractivity contribution < 1.29 is 14.3 Å². The van der Waals surface area contributed by atoms with Crippen LogP contribution in [0.3, 0.4) is 0 Å². The molecule has 2 heterocycles. The Morgan fingerprint density at radius 3 is 2.71 bits per heavy atom. The van der Waals surface area contributed by atoms with E-state index in [0.29, 0.717) is 37.1 Å². The van der Waals surface area contributed by atoms with Gasteiger partial charge in [0.25, 0.3) is 5.91 Å². The predicted molar refractivity (Wildman–Crippen MR) is 108 cm³/mol. The van der Waals surface area contributed by atoms with Gasteiger partial charge in [0.05, 0.1) is 10.4 Å². The van der Waals surface area contributed by atoms with Gasteiger partial charge in [-0.05, 0) is 42.5 Å². The number of hydrazine groups is 1. The first kappa shape index (κ1) is 18.0. The number of amides is 1. The highest BCUT2D eigenvalue weighted by atomic mass is 35.5. The summed E-state index contributed by atoms with van der Waals surface area (Å²) in [5.41, 5.74) is 5.79. The number of fused-ring (bicyclic) bond motifs is 1. The number of rotatable bonds is 4. The molecule has 28 heavy (non-hydrogen) atoms. The molecule has 140 valence electrons. The summed E-state index contributed by atoms with van der Waals surface area (Å²) in [4.78, 5) is 29.1. The molecule has 0 aliphatic rings. The number of nitrogens with one attached hydrogen (secondary N) is 2. The number of anilines is 1. The number of benzene rings is 2. The van der Waals surface area contributed by atoms with E-state index in [9.17, 15) is 14.7 Å². The summed E-state index contributed by atoms with van der Waals surface area (Å²) in [5, 5.41) is 11.1. The van der Waals surface area contributed by atoms with Crippen LogP contribution in [0.25, 0.3) is 21.4 Å². The number of halogens is 1. The number of hydrogen-bond acceptors (Lipinski definition) is 7. The van der Waals surface area contributed by atoms with E-state index in [1.165, 1.54) is 29.7 Å². The molecule has 0 fully saturated rings. The normalized spacial score (nSPS) is 10.8. The maximum absolute atomic E-state index is 12.3. The summed E-state index contributed by atoms with van der Waals surface area (Å²) in [6.45, 7) is 0. The number of aromatic nitrogens is 1. The van der Waals surface area contributed by atoms with Crippen LogP contribution >= 0.6 is 22.9 Å². The number of aromatic hydroxyl groups is 1. The molecule has 0 radical (unpaired) electrons. The predicted octanol–water partition coefficient (Wildman–Crippen LogP) is 4.03. The minimum atomic E-state index is -0.543. The largest absolute Gasteiger partial charge is 0.508 e. The number of phenols is 1. The van der Waals surface area contributed by atoms with Crippen molar-refractivity contribution in [3.8, 4) is 16.2 Å². The molecule has 0 atom stereocenters. The van der Waals surface area contributed by atoms with Crippen molar-refractivity contribution in [1.29, 1.82) is 0 Å². The summed E-state index contributed by atoms with van der Waals surface area (Å²) in [5.74, 6) is -0.331. The van der Waals surface area contributed by atoms with E-state index in [1.54, 1.807) is 36.4 Å². The maximum Gasteiger partial charge on any atom is 0.345 e. The first-order chi connectivity index (χ1) is 13.5. The molecule has 0 saturated carbocycles.